The van der Waals surface area contributed by atoms with E-state index < -0.39 is 5.97 Å². The second-order valence-corrected chi connectivity index (χ2v) is 7.61. The molecule has 26 heavy (non-hydrogen) atoms. The van der Waals surface area contributed by atoms with Gasteiger partial charge in [0.05, 0.1) is 5.56 Å². The molecule has 0 aliphatic heterocycles. The average Bonchev–Trinajstić information content (AvgIpc) is 2.63. The zero-order valence-corrected chi connectivity index (χ0v) is 17.0. The van der Waals surface area contributed by atoms with Gasteiger partial charge >= 0.3 is 5.97 Å². The van der Waals surface area contributed by atoms with Crippen LogP contribution in [0.25, 0.3) is 10.8 Å². The Bertz CT molecular complexity index is 759. The Morgan fingerprint density at radius 2 is 1.46 bits per heavy atom. The van der Waals surface area contributed by atoms with Crippen molar-refractivity contribution in [1.82, 2.24) is 0 Å². The van der Waals surface area contributed by atoms with Crippen LogP contribution in [0.4, 0.5) is 0 Å². The van der Waals surface area contributed by atoms with Crippen molar-refractivity contribution < 1.29 is 9.90 Å². The minimum absolute atomic E-state index is 0.431. The number of hydrogen-bond acceptors (Lipinski definition) is 1. The Hall–Kier alpha value is -1.83. The molecule has 0 saturated carbocycles. The van der Waals surface area contributed by atoms with Gasteiger partial charge in [0.1, 0.15) is 0 Å². The molecule has 2 aromatic rings. The van der Waals surface area contributed by atoms with Crippen LogP contribution in [0.1, 0.15) is 90.9 Å². The first kappa shape index (κ1) is 20.5. The number of fused-ring (bicyclic) bond motifs is 1. The van der Waals surface area contributed by atoms with Crippen molar-refractivity contribution in [2.75, 3.05) is 0 Å². The maximum absolute atomic E-state index is 11.7. The van der Waals surface area contributed by atoms with Crippen molar-refractivity contribution in [2.45, 2.75) is 85.5 Å². The molecule has 0 aliphatic rings. The monoisotopic (exact) mass is 354 g/mol. The fourth-order valence-electron chi connectivity index (χ4n) is 4.04. The summed E-state index contributed by atoms with van der Waals surface area (Å²) in [6.07, 6.45) is 11.5. The van der Waals surface area contributed by atoms with E-state index in [9.17, 15) is 9.90 Å². The largest absolute Gasteiger partial charge is 0.478 e. The van der Waals surface area contributed by atoms with Crippen LogP contribution in [-0.2, 0) is 6.42 Å². The summed E-state index contributed by atoms with van der Waals surface area (Å²) in [6.45, 7) is 8.62. The van der Waals surface area contributed by atoms with Gasteiger partial charge in [0.15, 0.2) is 0 Å². The summed E-state index contributed by atoms with van der Waals surface area (Å²) in [4.78, 5) is 11.7. The standard InChI is InChI=1S/C24H34O2/c1-5-6-7-8-9-10-11-12-14-20-18(3)17(2)19(4)23-21(20)15-13-16-22(23)24(25)26/h13,15-16H,5-12,14H2,1-4H3,(H,25,26). The average molecular weight is 355 g/mol. The number of benzene rings is 2. The smallest absolute Gasteiger partial charge is 0.336 e. The van der Waals surface area contributed by atoms with Crippen molar-refractivity contribution in [1.29, 1.82) is 0 Å². The highest BCUT2D eigenvalue weighted by molar-refractivity contribution is 6.06. The minimum Gasteiger partial charge on any atom is -0.478 e. The first-order chi connectivity index (χ1) is 12.5. The Morgan fingerprint density at radius 3 is 2.08 bits per heavy atom. The topological polar surface area (TPSA) is 37.3 Å². The van der Waals surface area contributed by atoms with Gasteiger partial charge in [-0.2, -0.15) is 0 Å². The van der Waals surface area contributed by atoms with Gasteiger partial charge in [0.25, 0.3) is 0 Å². The van der Waals surface area contributed by atoms with Gasteiger partial charge in [-0.3, -0.25) is 0 Å². The summed E-state index contributed by atoms with van der Waals surface area (Å²) in [5, 5.41) is 11.7. The summed E-state index contributed by atoms with van der Waals surface area (Å²) in [5.74, 6) is -0.833. The highest BCUT2D eigenvalue weighted by atomic mass is 16.4. The molecule has 1 N–H and O–H groups in total. The van der Waals surface area contributed by atoms with Crippen LogP contribution < -0.4 is 0 Å². The third-order valence-corrected chi connectivity index (χ3v) is 5.85. The van der Waals surface area contributed by atoms with Crippen LogP contribution in [0.5, 0.6) is 0 Å². The fourth-order valence-corrected chi connectivity index (χ4v) is 4.04. The molecule has 0 fully saturated rings. The number of carboxylic acids is 1. The highest BCUT2D eigenvalue weighted by Crippen LogP contribution is 2.33. The van der Waals surface area contributed by atoms with Crippen LogP contribution in [0.3, 0.4) is 0 Å². The van der Waals surface area contributed by atoms with E-state index in [4.69, 9.17) is 0 Å². The SMILES string of the molecule is CCCCCCCCCCc1c(C)c(C)c(C)c2c(C(=O)O)cccc12. The van der Waals surface area contributed by atoms with Crippen molar-refractivity contribution in [3.8, 4) is 0 Å². The molecule has 0 unspecified atom stereocenters. The van der Waals surface area contributed by atoms with E-state index in [0.29, 0.717) is 5.56 Å². The zero-order valence-electron chi connectivity index (χ0n) is 17.0. The van der Waals surface area contributed by atoms with Crippen LogP contribution in [0.2, 0.25) is 0 Å². The number of aryl methyl sites for hydroxylation is 2. The lowest BCUT2D eigenvalue weighted by Crippen LogP contribution is -2.04. The van der Waals surface area contributed by atoms with Crippen LogP contribution in [0, 0.1) is 20.8 Å². The number of unbranched alkanes of at least 4 members (excludes halogenated alkanes) is 7. The van der Waals surface area contributed by atoms with E-state index >= 15 is 0 Å². The molecule has 2 rings (SSSR count). The molecular weight excluding hydrogens is 320 g/mol. The van der Waals surface area contributed by atoms with Gasteiger partial charge < -0.3 is 5.11 Å². The van der Waals surface area contributed by atoms with Crippen molar-refractivity contribution in [2.24, 2.45) is 0 Å². The number of rotatable bonds is 10. The van der Waals surface area contributed by atoms with Crippen LogP contribution >= 0.6 is 0 Å². The van der Waals surface area contributed by atoms with Crippen molar-refractivity contribution >= 4 is 16.7 Å². The Balaban J connectivity index is 2.15. The minimum atomic E-state index is -0.833. The Labute approximate surface area is 158 Å². The molecule has 0 bridgehead atoms. The van der Waals surface area contributed by atoms with Gasteiger partial charge in [-0.05, 0) is 72.7 Å². The maximum Gasteiger partial charge on any atom is 0.336 e. The van der Waals surface area contributed by atoms with Crippen LogP contribution in [0.15, 0.2) is 18.2 Å². The van der Waals surface area contributed by atoms with Gasteiger partial charge in [-0.25, -0.2) is 4.79 Å². The molecule has 0 saturated heterocycles. The quantitative estimate of drug-likeness (QED) is 0.460. The maximum atomic E-state index is 11.7. The fraction of sp³-hybridized carbons (Fsp3) is 0.542. The van der Waals surface area contributed by atoms with Crippen molar-refractivity contribution in [3.05, 3.63) is 46.0 Å². The van der Waals surface area contributed by atoms with Crippen molar-refractivity contribution in [3.63, 3.8) is 0 Å². The second kappa shape index (κ2) is 9.75. The Kier molecular flexibility index (Phi) is 7.68. The molecule has 0 heterocycles. The molecule has 142 valence electrons. The van der Waals surface area contributed by atoms with E-state index in [1.807, 2.05) is 6.07 Å². The molecule has 2 heteroatoms. The number of carboxylic acid groups (broad SMARTS) is 1. The summed E-state index contributed by atoms with van der Waals surface area (Å²) < 4.78 is 0. The van der Waals surface area contributed by atoms with E-state index in [1.165, 1.54) is 68.1 Å². The molecule has 0 amide bonds. The molecule has 0 aliphatic carbocycles. The molecule has 0 aromatic heterocycles. The number of carbonyl (C=O) groups is 1. The molecule has 0 spiro atoms. The van der Waals surface area contributed by atoms with Gasteiger partial charge in [-0.1, -0.05) is 64.0 Å². The predicted octanol–water partition coefficient (Wildman–Crippen LogP) is 7.15. The molecule has 2 aromatic carbocycles. The Morgan fingerprint density at radius 1 is 0.846 bits per heavy atom. The second-order valence-electron chi connectivity index (χ2n) is 7.61. The number of hydrogen-bond donors (Lipinski definition) is 1. The third kappa shape index (κ3) is 4.66. The normalized spacial score (nSPS) is 11.2. The zero-order chi connectivity index (χ0) is 19.1. The van der Waals surface area contributed by atoms with Gasteiger partial charge in [0.2, 0.25) is 0 Å². The lowest BCUT2D eigenvalue weighted by molar-refractivity contribution is 0.0699. The lowest BCUT2D eigenvalue weighted by atomic mass is 9.86. The van der Waals surface area contributed by atoms with E-state index in [0.717, 1.165) is 22.8 Å². The first-order valence-electron chi connectivity index (χ1n) is 10.2. The molecule has 0 radical (unpaired) electrons. The summed E-state index contributed by atoms with van der Waals surface area (Å²) >= 11 is 0. The van der Waals surface area contributed by atoms with E-state index in [-0.39, 0.29) is 0 Å². The van der Waals surface area contributed by atoms with E-state index in [2.05, 4.69) is 33.8 Å². The highest BCUT2D eigenvalue weighted by Gasteiger charge is 2.17. The molecule has 0 atom stereocenters. The predicted molar refractivity (Wildman–Crippen MR) is 111 cm³/mol. The lowest BCUT2D eigenvalue weighted by Gasteiger charge is -2.18. The molecule has 2 nitrogen and oxygen atoms in total. The molecular formula is C24H34O2. The van der Waals surface area contributed by atoms with Gasteiger partial charge in [0, 0.05) is 0 Å². The number of aromatic carboxylic acids is 1. The van der Waals surface area contributed by atoms with E-state index in [1.54, 1.807) is 6.07 Å². The van der Waals surface area contributed by atoms with Crippen LogP contribution in [-0.4, -0.2) is 11.1 Å². The van der Waals surface area contributed by atoms with Gasteiger partial charge in [-0.15, -0.1) is 0 Å². The summed E-state index contributed by atoms with van der Waals surface area (Å²) in [6, 6.07) is 5.71. The third-order valence-electron chi connectivity index (χ3n) is 5.85. The first-order valence-corrected chi connectivity index (χ1v) is 10.2. The summed E-state index contributed by atoms with van der Waals surface area (Å²) in [7, 11) is 0. The summed E-state index contributed by atoms with van der Waals surface area (Å²) in [5.41, 5.74) is 5.45.